The lowest BCUT2D eigenvalue weighted by Crippen LogP contribution is -2.08. The van der Waals surface area contributed by atoms with E-state index >= 15 is 0 Å². The van der Waals surface area contributed by atoms with Gasteiger partial charge in [-0.3, -0.25) is 0 Å². The van der Waals surface area contributed by atoms with Crippen LogP contribution in [0.15, 0.2) is 12.1 Å². The largest absolute Gasteiger partial charge is 0.345 e. The maximum absolute atomic E-state index is 4.58. The van der Waals surface area contributed by atoms with E-state index in [-0.39, 0.29) is 0 Å². The summed E-state index contributed by atoms with van der Waals surface area (Å²) in [5.41, 5.74) is 6.55. The minimum Gasteiger partial charge on any atom is -0.345 e. The first kappa shape index (κ1) is 9.85. The molecule has 2 heterocycles. The fourth-order valence-electron chi connectivity index (χ4n) is 2.24. The summed E-state index contributed by atoms with van der Waals surface area (Å²) in [6.45, 7) is 6.39. The Hall–Kier alpha value is -1.35. The van der Waals surface area contributed by atoms with Crippen LogP contribution in [-0.2, 0) is 6.42 Å². The van der Waals surface area contributed by atoms with Crippen LogP contribution in [-0.4, -0.2) is 4.98 Å². The second kappa shape index (κ2) is 3.32. The lowest BCUT2D eigenvalue weighted by molar-refractivity contribution is 1.05. The third kappa shape index (κ3) is 1.35. The maximum Gasteiger partial charge on any atom is 0.117 e. The van der Waals surface area contributed by atoms with E-state index in [4.69, 9.17) is 0 Å². The van der Waals surface area contributed by atoms with Crippen molar-refractivity contribution in [1.29, 1.82) is 0 Å². The van der Waals surface area contributed by atoms with Gasteiger partial charge in [0.1, 0.15) is 5.00 Å². The molecule has 0 amide bonds. The molecule has 0 saturated heterocycles. The van der Waals surface area contributed by atoms with Gasteiger partial charge in [0.25, 0.3) is 0 Å². The minimum absolute atomic E-state index is 0.968. The molecule has 2 nitrogen and oxygen atoms in total. The van der Waals surface area contributed by atoms with E-state index in [1.165, 1.54) is 33.1 Å². The number of benzene rings is 1. The lowest BCUT2D eigenvalue weighted by Gasteiger charge is -2.21. The molecule has 1 aromatic carbocycles. The molecule has 2 aromatic rings. The summed E-state index contributed by atoms with van der Waals surface area (Å²) in [6.07, 6.45) is 0.968. The molecule has 82 valence electrons. The zero-order chi connectivity index (χ0) is 11.3. The summed E-state index contributed by atoms with van der Waals surface area (Å²) >= 11 is 1.75. The van der Waals surface area contributed by atoms with Gasteiger partial charge in [0.2, 0.25) is 0 Å². The first-order valence-corrected chi connectivity index (χ1v) is 6.29. The molecule has 0 saturated carbocycles. The molecule has 0 aliphatic carbocycles. The molecule has 0 spiro atoms. The molecular weight excluding hydrogens is 216 g/mol. The van der Waals surface area contributed by atoms with Gasteiger partial charge in [0.15, 0.2) is 0 Å². The van der Waals surface area contributed by atoms with Crippen molar-refractivity contribution in [1.82, 2.24) is 4.98 Å². The quantitative estimate of drug-likeness (QED) is 0.636. The number of hydrogen-bond acceptors (Lipinski definition) is 3. The molecule has 0 radical (unpaired) electrons. The normalized spacial score (nSPS) is 12.9. The molecule has 1 N–H and O–H groups in total. The molecule has 1 aliphatic heterocycles. The molecule has 16 heavy (non-hydrogen) atoms. The fourth-order valence-corrected chi connectivity index (χ4v) is 3.08. The Kier molecular flexibility index (Phi) is 2.04. The summed E-state index contributed by atoms with van der Waals surface area (Å²) < 4.78 is 0. The first-order chi connectivity index (χ1) is 7.65. The number of aryl methyl sites for hydroxylation is 3. The predicted molar refractivity (Wildman–Crippen MR) is 68.9 cm³/mol. The molecular formula is C13H14N2S. The molecule has 1 aromatic heterocycles. The van der Waals surface area contributed by atoms with E-state index in [1.807, 2.05) is 0 Å². The van der Waals surface area contributed by atoms with Crippen molar-refractivity contribution < 1.29 is 0 Å². The van der Waals surface area contributed by atoms with Crippen molar-refractivity contribution in [3.8, 4) is 0 Å². The molecule has 3 heteroatoms. The lowest BCUT2D eigenvalue weighted by atomic mass is 9.96. The second-order valence-corrected chi connectivity index (χ2v) is 5.57. The zero-order valence-corrected chi connectivity index (χ0v) is 10.5. The van der Waals surface area contributed by atoms with Gasteiger partial charge in [-0.1, -0.05) is 12.1 Å². The standard InChI is InChI=1S/C13H14N2S/c1-7-4-5-8(2)12-10(7)6-11-13(15-12)16-9(3)14-11/h4-5,15H,6H2,1-3H3. The van der Waals surface area contributed by atoms with Crippen LogP contribution in [0.25, 0.3) is 0 Å². The van der Waals surface area contributed by atoms with E-state index in [9.17, 15) is 0 Å². The minimum atomic E-state index is 0.968. The van der Waals surface area contributed by atoms with Crippen molar-refractivity contribution in [2.24, 2.45) is 0 Å². The van der Waals surface area contributed by atoms with Crippen LogP contribution in [0.3, 0.4) is 0 Å². The Morgan fingerprint density at radius 2 is 1.94 bits per heavy atom. The van der Waals surface area contributed by atoms with Gasteiger partial charge in [0, 0.05) is 12.1 Å². The highest BCUT2D eigenvalue weighted by atomic mass is 32.1. The third-order valence-corrected chi connectivity index (χ3v) is 4.07. The summed E-state index contributed by atoms with van der Waals surface area (Å²) in [6, 6.07) is 4.38. The summed E-state index contributed by atoms with van der Waals surface area (Å²) in [5, 5.41) is 5.89. The van der Waals surface area contributed by atoms with Crippen LogP contribution in [0.4, 0.5) is 10.7 Å². The van der Waals surface area contributed by atoms with Crippen LogP contribution in [0.5, 0.6) is 0 Å². The van der Waals surface area contributed by atoms with E-state index in [2.05, 4.69) is 43.2 Å². The molecule has 3 rings (SSSR count). The summed E-state index contributed by atoms with van der Waals surface area (Å²) in [4.78, 5) is 4.58. The van der Waals surface area contributed by atoms with Gasteiger partial charge in [-0.05, 0) is 37.5 Å². The first-order valence-electron chi connectivity index (χ1n) is 5.47. The monoisotopic (exact) mass is 230 g/mol. The third-order valence-electron chi connectivity index (χ3n) is 3.14. The number of thiazole rings is 1. The Labute approximate surface area is 99.4 Å². The highest BCUT2D eigenvalue weighted by Crippen LogP contribution is 2.39. The van der Waals surface area contributed by atoms with E-state index < -0.39 is 0 Å². The van der Waals surface area contributed by atoms with Gasteiger partial charge >= 0.3 is 0 Å². The maximum atomic E-state index is 4.58. The Balaban J connectivity index is 2.18. The van der Waals surface area contributed by atoms with Crippen LogP contribution in [0, 0.1) is 20.8 Å². The van der Waals surface area contributed by atoms with Gasteiger partial charge in [0.05, 0.1) is 10.7 Å². The molecule has 1 aliphatic rings. The SMILES string of the molecule is Cc1nc2c(s1)Nc1c(C)ccc(C)c1C2. The second-order valence-electron chi connectivity index (χ2n) is 4.36. The van der Waals surface area contributed by atoms with Gasteiger partial charge in [-0.2, -0.15) is 0 Å². The number of fused-ring (bicyclic) bond motifs is 2. The van der Waals surface area contributed by atoms with Crippen molar-refractivity contribution in [2.45, 2.75) is 27.2 Å². The smallest absolute Gasteiger partial charge is 0.117 e. The van der Waals surface area contributed by atoms with E-state index in [0.717, 1.165) is 11.4 Å². The molecule has 0 bridgehead atoms. The number of nitrogens with zero attached hydrogens (tertiary/aromatic N) is 1. The van der Waals surface area contributed by atoms with Crippen LogP contribution in [0.1, 0.15) is 27.4 Å². The van der Waals surface area contributed by atoms with Crippen molar-refractivity contribution >= 4 is 22.0 Å². The molecule has 0 unspecified atom stereocenters. The number of rotatable bonds is 0. The highest BCUT2D eigenvalue weighted by Gasteiger charge is 2.20. The van der Waals surface area contributed by atoms with Crippen molar-refractivity contribution in [2.75, 3.05) is 5.32 Å². The Bertz CT molecular complexity index is 521. The van der Waals surface area contributed by atoms with E-state index in [0.29, 0.717) is 0 Å². The average Bonchev–Trinajstić information content (AvgIpc) is 2.61. The molecule has 0 fully saturated rings. The topological polar surface area (TPSA) is 24.9 Å². The number of aromatic nitrogens is 1. The van der Waals surface area contributed by atoms with Crippen LogP contribution >= 0.6 is 11.3 Å². The van der Waals surface area contributed by atoms with E-state index in [1.54, 1.807) is 11.3 Å². The summed E-state index contributed by atoms with van der Waals surface area (Å²) in [5.74, 6) is 0. The number of anilines is 2. The predicted octanol–water partition coefficient (Wildman–Crippen LogP) is 3.72. The van der Waals surface area contributed by atoms with Gasteiger partial charge < -0.3 is 5.32 Å². The Morgan fingerprint density at radius 3 is 2.75 bits per heavy atom. The van der Waals surface area contributed by atoms with Gasteiger partial charge in [-0.25, -0.2) is 4.98 Å². The van der Waals surface area contributed by atoms with Crippen LogP contribution in [0.2, 0.25) is 0 Å². The van der Waals surface area contributed by atoms with Crippen LogP contribution < -0.4 is 5.32 Å². The van der Waals surface area contributed by atoms with Crippen molar-refractivity contribution in [3.05, 3.63) is 39.5 Å². The zero-order valence-electron chi connectivity index (χ0n) is 9.72. The molecule has 0 atom stereocenters. The number of hydrogen-bond donors (Lipinski definition) is 1. The summed E-state index contributed by atoms with van der Waals surface area (Å²) in [7, 11) is 0. The number of nitrogens with one attached hydrogen (secondary N) is 1. The fraction of sp³-hybridized carbons (Fsp3) is 0.308. The Morgan fingerprint density at radius 1 is 1.19 bits per heavy atom. The highest BCUT2D eigenvalue weighted by molar-refractivity contribution is 7.15. The van der Waals surface area contributed by atoms with Gasteiger partial charge in [-0.15, -0.1) is 11.3 Å². The average molecular weight is 230 g/mol. The van der Waals surface area contributed by atoms with Crippen molar-refractivity contribution in [3.63, 3.8) is 0 Å².